The van der Waals surface area contributed by atoms with E-state index < -0.39 is 5.79 Å². The summed E-state index contributed by atoms with van der Waals surface area (Å²) in [6.45, 7) is 0. The van der Waals surface area contributed by atoms with Crippen molar-refractivity contribution in [3.8, 4) is 0 Å². The lowest BCUT2D eigenvalue weighted by atomic mass is 9.86. The van der Waals surface area contributed by atoms with Gasteiger partial charge in [-0.25, -0.2) is 4.42 Å². The second-order valence-electron chi connectivity index (χ2n) is 5.75. The van der Waals surface area contributed by atoms with Gasteiger partial charge in [0.15, 0.2) is 0 Å². The first-order valence-corrected chi connectivity index (χ1v) is 7.36. The first kappa shape index (κ1) is 11.9. The van der Waals surface area contributed by atoms with Crippen molar-refractivity contribution in [2.45, 2.75) is 5.79 Å². The summed E-state index contributed by atoms with van der Waals surface area (Å²) in [5, 5.41) is 14.2. The van der Waals surface area contributed by atoms with Crippen LogP contribution in [0.25, 0.3) is 22.4 Å². The molecule has 0 fully saturated rings. The monoisotopic (exact) mass is 285 g/mol. The van der Waals surface area contributed by atoms with Gasteiger partial charge in [0.25, 0.3) is 0 Å². The number of fused-ring (bicyclic) bond motifs is 6. The highest BCUT2D eigenvalue weighted by Gasteiger charge is 2.49. The summed E-state index contributed by atoms with van der Waals surface area (Å²) in [6.07, 6.45) is 3.66. The predicted octanol–water partition coefficient (Wildman–Crippen LogP) is 2.38. The molecule has 1 heterocycles. The first-order chi connectivity index (χ1) is 10.8. The van der Waals surface area contributed by atoms with Crippen LogP contribution in [0.3, 0.4) is 0 Å². The molecule has 1 aliphatic carbocycles. The molecule has 0 amide bonds. The van der Waals surface area contributed by atoms with Gasteiger partial charge in [-0.3, -0.25) is 0 Å². The fraction of sp³-hybridized carbons (Fsp3) is 0.0500. The lowest BCUT2D eigenvalue weighted by molar-refractivity contribution is 0.194. The number of hydrogen-bond donors (Lipinski definition) is 1. The highest BCUT2D eigenvalue weighted by Crippen LogP contribution is 2.36. The van der Waals surface area contributed by atoms with E-state index in [1.54, 1.807) is 6.08 Å². The molecule has 0 unspecified atom stereocenters. The molecule has 5 rings (SSSR count). The van der Waals surface area contributed by atoms with E-state index in [1.807, 2.05) is 48.5 Å². The van der Waals surface area contributed by atoms with E-state index in [4.69, 9.17) is 4.42 Å². The van der Waals surface area contributed by atoms with Crippen LogP contribution in [0, 0.1) is 0 Å². The van der Waals surface area contributed by atoms with Crippen LogP contribution >= 0.6 is 0 Å². The second-order valence-corrected chi connectivity index (χ2v) is 5.75. The minimum absolute atomic E-state index is 0.734. The largest absolute Gasteiger partial charge is 0.437 e. The molecule has 0 radical (unpaired) electrons. The summed E-state index contributed by atoms with van der Waals surface area (Å²) >= 11 is 0. The maximum Gasteiger partial charge on any atom is 0.437 e. The third-order valence-corrected chi connectivity index (χ3v) is 4.48. The quantitative estimate of drug-likeness (QED) is 0.632. The van der Waals surface area contributed by atoms with Crippen molar-refractivity contribution in [1.29, 1.82) is 0 Å². The van der Waals surface area contributed by atoms with Gasteiger partial charge in [0, 0.05) is 6.07 Å². The van der Waals surface area contributed by atoms with Crippen molar-refractivity contribution in [2.24, 2.45) is 0 Å². The second kappa shape index (κ2) is 3.93. The highest BCUT2D eigenvalue weighted by atomic mass is 16.6. The number of rotatable bonds is 0. The van der Waals surface area contributed by atoms with E-state index in [0.717, 1.165) is 38.1 Å². The van der Waals surface area contributed by atoms with Crippen LogP contribution in [0.2, 0.25) is 0 Å². The molecule has 2 aliphatic rings. The Kier molecular flexibility index (Phi) is 2.13. The van der Waals surface area contributed by atoms with Crippen LogP contribution in [0.5, 0.6) is 0 Å². The van der Waals surface area contributed by atoms with Gasteiger partial charge in [0.05, 0.1) is 6.08 Å². The van der Waals surface area contributed by atoms with E-state index in [-0.39, 0.29) is 0 Å². The zero-order chi connectivity index (χ0) is 14.7. The Labute approximate surface area is 127 Å². The average molecular weight is 285 g/mol. The molecule has 0 saturated carbocycles. The van der Waals surface area contributed by atoms with Crippen LogP contribution in [0.4, 0.5) is 0 Å². The van der Waals surface area contributed by atoms with Crippen molar-refractivity contribution in [3.63, 3.8) is 0 Å². The van der Waals surface area contributed by atoms with Crippen LogP contribution in [0.1, 0.15) is 11.1 Å². The van der Waals surface area contributed by atoms with Gasteiger partial charge in [0.1, 0.15) is 10.8 Å². The van der Waals surface area contributed by atoms with E-state index in [0.29, 0.717) is 0 Å². The van der Waals surface area contributed by atoms with E-state index in [1.165, 1.54) is 0 Å². The molecule has 2 heteroatoms. The Morgan fingerprint density at radius 1 is 0.864 bits per heavy atom. The molecular formula is C20H13O2+. The summed E-state index contributed by atoms with van der Waals surface area (Å²) in [6, 6.07) is 20.3. The maximum absolute atomic E-state index is 11.0. The molecule has 0 bridgehead atoms. The lowest BCUT2D eigenvalue weighted by Gasteiger charge is -2.17. The van der Waals surface area contributed by atoms with Gasteiger partial charge in [-0.1, -0.05) is 48.5 Å². The van der Waals surface area contributed by atoms with E-state index in [9.17, 15) is 5.11 Å². The van der Waals surface area contributed by atoms with Crippen molar-refractivity contribution in [2.75, 3.05) is 0 Å². The summed E-state index contributed by atoms with van der Waals surface area (Å²) in [7, 11) is 0. The molecule has 0 saturated heterocycles. The van der Waals surface area contributed by atoms with Crippen molar-refractivity contribution in [3.05, 3.63) is 92.9 Å². The molecule has 1 atom stereocenters. The summed E-state index contributed by atoms with van der Waals surface area (Å²) in [4.78, 5) is 0. The maximum atomic E-state index is 11.0. The Balaban J connectivity index is 2.08. The van der Waals surface area contributed by atoms with Crippen LogP contribution in [0.15, 0.2) is 71.2 Å². The van der Waals surface area contributed by atoms with Crippen molar-refractivity contribution < 1.29 is 5.11 Å². The minimum atomic E-state index is -1.37. The van der Waals surface area contributed by atoms with Gasteiger partial charge in [0.2, 0.25) is 0 Å². The Morgan fingerprint density at radius 2 is 1.68 bits per heavy atom. The zero-order valence-corrected chi connectivity index (χ0v) is 11.8. The smallest absolute Gasteiger partial charge is 0.302 e. The van der Waals surface area contributed by atoms with E-state index in [2.05, 4.69) is 18.2 Å². The minimum Gasteiger partial charge on any atom is -0.302 e. The summed E-state index contributed by atoms with van der Waals surface area (Å²) in [5.41, 5.74) is 3.71. The molecule has 0 aromatic heterocycles. The molecule has 104 valence electrons. The molecule has 0 spiro atoms. The van der Waals surface area contributed by atoms with Crippen LogP contribution in [-0.4, -0.2) is 10.9 Å². The fourth-order valence-electron chi connectivity index (χ4n) is 3.51. The zero-order valence-electron chi connectivity index (χ0n) is 11.8. The molecular weight excluding hydrogens is 272 g/mol. The normalized spacial score (nSPS) is 21.2. The van der Waals surface area contributed by atoms with Crippen LogP contribution in [-0.2, 0) is 0 Å². The molecule has 22 heavy (non-hydrogen) atoms. The Hall–Kier alpha value is -2.71. The highest BCUT2D eigenvalue weighted by molar-refractivity contribution is 5.93. The molecule has 3 aromatic rings. The summed E-state index contributed by atoms with van der Waals surface area (Å²) < 4.78 is 5.90. The van der Waals surface area contributed by atoms with Gasteiger partial charge in [-0.05, 0) is 34.0 Å². The Bertz CT molecular complexity index is 1090. The average Bonchev–Trinajstić information content (AvgIpc) is 2.88. The standard InChI is InChI=1S/C20H13O2/c21-20-12-11-14-6-2-4-8-16(14)19(20)18-15-7-3-1-5-13(15)9-10-17(18)22-20/h1-12,21H/q+1/t20-/m0/s1. The predicted molar refractivity (Wildman–Crippen MR) is 88.4 cm³/mol. The molecule has 3 aromatic carbocycles. The van der Waals surface area contributed by atoms with E-state index >= 15 is 0 Å². The van der Waals surface area contributed by atoms with Gasteiger partial charge < -0.3 is 5.11 Å². The molecule has 1 N–H and O–H groups in total. The molecule has 1 aliphatic heterocycles. The summed E-state index contributed by atoms with van der Waals surface area (Å²) in [5.74, 6) is -1.37. The van der Waals surface area contributed by atoms with Crippen molar-refractivity contribution >= 4 is 22.4 Å². The van der Waals surface area contributed by atoms with Crippen molar-refractivity contribution in [1.82, 2.24) is 0 Å². The number of benzene rings is 3. The molecule has 2 nitrogen and oxygen atoms in total. The third kappa shape index (κ3) is 1.40. The topological polar surface area (TPSA) is 31.5 Å². The first-order valence-electron chi connectivity index (χ1n) is 7.36. The van der Waals surface area contributed by atoms with Gasteiger partial charge in [-0.2, -0.15) is 0 Å². The SMILES string of the molecule is O[C@]12C=Cc3ccccc3C1=c1c(ccc3ccccc13)=[O+]2. The van der Waals surface area contributed by atoms with Gasteiger partial charge in [-0.15, -0.1) is 0 Å². The number of aliphatic hydroxyl groups is 1. The van der Waals surface area contributed by atoms with Crippen LogP contribution < -0.4 is 10.6 Å². The lowest BCUT2D eigenvalue weighted by Crippen LogP contribution is -2.29. The van der Waals surface area contributed by atoms with Gasteiger partial charge >= 0.3 is 11.2 Å². The fourth-order valence-corrected chi connectivity index (χ4v) is 3.51. The number of hydrogen-bond acceptors (Lipinski definition) is 1. The third-order valence-electron chi connectivity index (χ3n) is 4.48. The Morgan fingerprint density at radius 3 is 2.64 bits per heavy atom.